The van der Waals surface area contributed by atoms with Gasteiger partial charge in [-0.05, 0) is 34.1 Å². The average molecular weight is 391 g/mol. The van der Waals surface area contributed by atoms with Gasteiger partial charge in [0.1, 0.15) is 0 Å². The van der Waals surface area contributed by atoms with Crippen LogP contribution >= 0.6 is 7.14 Å². The Morgan fingerprint density at radius 1 is 0.536 bits per heavy atom. The molecular formula is C26H31OP. The topological polar surface area (TPSA) is 17.1 Å². The number of hydrogen-bond donors (Lipinski definition) is 0. The second kappa shape index (κ2) is 7.37. The quantitative estimate of drug-likeness (QED) is 0.507. The fourth-order valence-corrected chi connectivity index (χ4v) is 6.10. The molecular weight excluding hydrogens is 359 g/mol. The van der Waals surface area contributed by atoms with Crippen LogP contribution in [0.2, 0.25) is 0 Å². The molecule has 0 aliphatic carbocycles. The van der Waals surface area contributed by atoms with Crippen molar-refractivity contribution >= 4 is 23.1 Å². The summed E-state index contributed by atoms with van der Waals surface area (Å²) < 4.78 is 14.8. The summed E-state index contributed by atoms with van der Waals surface area (Å²) in [6, 6.07) is 26.4. The maximum atomic E-state index is 14.8. The minimum Gasteiger partial charge on any atom is -0.309 e. The van der Waals surface area contributed by atoms with Crippen LogP contribution in [-0.4, -0.2) is 0 Å². The normalized spacial score (nSPS) is 12.8. The summed E-state index contributed by atoms with van der Waals surface area (Å²) in [5.41, 5.74) is 2.41. The van der Waals surface area contributed by atoms with Crippen molar-refractivity contribution in [2.24, 2.45) is 0 Å². The van der Waals surface area contributed by atoms with Gasteiger partial charge in [0, 0.05) is 15.9 Å². The van der Waals surface area contributed by atoms with Gasteiger partial charge in [0.25, 0.3) is 0 Å². The van der Waals surface area contributed by atoms with Gasteiger partial charge in [0.2, 0.25) is 0 Å². The highest BCUT2D eigenvalue weighted by Gasteiger charge is 2.32. The molecule has 2 heteroatoms. The highest BCUT2D eigenvalue weighted by Crippen LogP contribution is 2.44. The van der Waals surface area contributed by atoms with Crippen molar-refractivity contribution in [2.75, 3.05) is 0 Å². The minimum atomic E-state index is -2.97. The predicted octanol–water partition coefficient (Wildman–Crippen LogP) is 5.92. The molecule has 1 nitrogen and oxygen atoms in total. The summed E-state index contributed by atoms with van der Waals surface area (Å²) in [4.78, 5) is 0. The highest BCUT2D eigenvalue weighted by molar-refractivity contribution is 7.85. The maximum Gasteiger partial charge on any atom is 0.171 e. The Kier molecular flexibility index (Phi) is 5.43. The van der Waals surface area contributed by atoms with Gasteiger partial charge in [-0.15, -0.1) is 0 Å². The molecule has 0 saturated carbocycles. The third-order valence-corrected chi connectivity index (χ3v) is 8.29. The van der Waals surface area contributed by atoms with Gasteiger partial charge in [-0.25, -0.2) is 0 Å². The van der Waals surface area contributed by atoms with Gasteiger partial charge in [-0.1, -0.05) is 108 Å². The van der Waals surface area contributed by atoms with E-state index in [9.17, 15) is 4.57 Å². The fraction of sp³-hybridized carbons (Fsp3) is 0.308. The molecule has 0 fully saturated rings. The van der Waals surface area contributed by atoms with Gasteiger partial charge < -0.3 is 4.57 Å². The van der Waals surface area contributed by atoms with Gasteiger partial charge >= 0.3 is 0 Å². The highest BCUT2D eigenvalue weighted by atomic mass is 31.2. The first kappa shape index (κ1) is 20.6. The van der Waals surface area contributed by atoms with E-state index in [0.29, 0.717) is 0 Å². The van der Waals surface area contributed by atoms with Crippen molar-refractivity contribution in [2.45, 2.75) is 52.4 Å². The first-order valence-electron chi connectivity index (χ1n) is 9.91. The summed E-state index contributed by atoms with van der Waals surface area (Å²) >= 11 is 0. The summed E-state index contributed by atoms with van der Waals surface area (Å²) in [5.74, 6) is 0. The average Bonchev–Trinajstić information content (AvgIpc) is 2.67. The van der Waals surface area contributed by atoms with E-state index in [4.69, 9.17) is 0 Å². The van der Waals surface area contributed by atoms with Crippen LogP contribution < -0.4 is 15.9 Å². The van der Waals surface area contributed by atoms with Gasteiger partial charge in [-0.3, -0.25) is 0 Å². The van der Waals surface area contributed by atoms with Crippen LogP contribution in [0.1, 0.15) is 52.7 Å². The first-order valence-corrected chi connectivity index (χ1v) is 11.6. The molecule has 28 heavy (non-hydrogen) atoms. The summed E-state index contributed by atoms with van der Waals surface area (Å²) in [7, 11) is -2.97. The molecule has 3 rings (SSSR count). The number of benzene rings is 3. The van der Waals surface area contributed by atoms with E-state index in [1.165, 1.54) is 11.1 Å². The molecule has 0 atom stereocenters. The molecule has 0 unspecified atom stereocenters. The number of rotatable bonds is 3. The summed E-state index contributed by atoms with van der Waals surface area (Å²) in [6.07, 6.45) is 0. The number of hydrogen-bond acceptors (Lipinski definition) is 1. The van der Waals surface area contributed by atoms with Gasteiger partial charge in [0.15, 0.2) is 7.14 Å². The molecule has 0 spiro atoms. The molecule has 0 radical (unpaired) electrons. The predicted molar refractivity (Wildman–Crippen MR) is 123 cm³/mol. The minimum absolute atomic E-state index is 0.0196. The molecule has 0 aromatic heterocycles. The van der Waals surface area contributed by atoms with E-state index in [1.54, 1.807) is 0 Å². The molecule has 146 valence electrons. The second-order valence-corrected chi connectivity index (χ2v) is 12.3. The molecule has 0 saturated heterocycles. The zero-order valence-electron chi connectivity index (χ0n) is 17.9. The molecule has 0 amide bonds. The standard InChI is InChI=1S/C26H31OP/c1-25(2,3)20-17-21(26(4,5)6)19-24(18-20)28(27,22-13-9-7-10-14-22)23-15-11-8-12-16-23/h7-19H,1-6H3. The Morgan fingerprint density at radius 2 is 0.893 bits per heavy atom. The van der Waals surface area contributed by atoms with Crippen LogP contribution in [0.15, 0.2) is 78.9 Å². The van der Waals surface area contributed by atoms with Crippen LogP contribution in [0, 0.1) is 0 Å². The van der Waals surface area contributed by atoms with Crippen LogP contribution in [-0.2, 0) is 15.4 Å². The van der Waals surface area contributed by atoms with E-state index in [0.717, 1.165) is 15.9 Å². The van der Waals surface area contributed by atoms with Crippen molar-refractivity contribution in [3.63, 3.8) is 0 Å². The van der Waals surface area contributed by atoms with Crippen molar-refractivity contribution < 1.29 is 4.57 Å². The van der Waals surface area contributed by atoms with E-state index in [-0.39, 0.29) is 10.8 Å². The van der Waals surface area contributed by atoms with Crippen molar-refractivity contribution in [3.05, 3.63) is 90.0 Å². The fourth-order valence-electron chi connectivity index (χ4n) is 3.38. The molecule has 3 aromatic carbocycles. The van der Waals surface area contributed by atoms with Gasteiger partial charge in [-0.2, -0.15) is 0 Å². The molecule has 0 bridgehead atoms. The van der Waals surface area contributed by atoms with Crippen LogP contribution in [0.4, 0.5) is 0 Å². The van der Waals surface area contributed by atoms with Gasteiger partial charge in [0.05, 0.1) is 0 Å². The SMILES string of the molecule is CC(C)(C)c1cc(C(C)(C)C)cc(P(=O)(c2ccccc2)c2ccccc2)c1. The zero-order valence-corrected chi connectivity index (χ0v) is 18.8. The molecule has 0 N–H and O–H groups in total. The van der Waals surface area contributed by atoms with E-state index < -0.39 is 7.14 Å². The van der Waals surface area contributed by atoms with Crippen LogP contribution in [0.25, 0.3) is 0 Å². The van der Waals surface area contributed by atoms with Crippen molar-refractivity contribution in [1.29, 1.82) is 0 Å². The molecule has 0 aliphatic heterocycles. The second-order valence-electron chi connectivity index (χ2n) is 9.55. The monoisotopic (exact) mass is 390 g/mol. The lowest BCUT2D eigenvalue weighted by atomic mass is 9.81. The molecule has 0 aliphatic rings. The van der Waals surface area contributed by atoms with Crippen LogP contribution in [0.5, 0.6) is 0 Å². The van der Waals surface area contributed by atoms with E-state index >= 15 is 0 Å². The molecule has 3 aromatic rings. The summed E-state index contributed by atoms with van der Waals surface area (Å²) in [6.45, 7) is 13.3. The summed E-state index contributed by atoms with van der Waals surface area (Å²) in [5, 5.41) is 2.68. The zero-order chi connectivity index (χ0) is 20.6. The Morgan fingerprint density at radius 3 is 1.21 bits per heavy atom. The Hall–Kier alpha value is -2.11. The Bertz CT molecular complexity index is 914. The third kappa shape index (κ3) is 4.01. The first-order chi connectivity index (χ1) is 13.0. The Balaban J connectivity index is 2.37. The van der Waals surface area contributed by atoms with Crippen molar-refractivity contribution in [1.82, 2.24) is 0 Å². The van der Waals surface area contributed by atoms with Crippen molar-refractivity contribution in [3.8, 4) is 0 Å². The lowest BCUT2D eigenvalue weighted by Gasteiger charge is -2.29. The maximum absolute atomic E-state index is 14.8. The Labute approximate surface area is 170 Å². The van der Waals surface area contributed by atoms with Crippen LogP contribution in [0.3, 0.4) is 0 Å². The third-order valence-electron chi connectivity index (χ3n) is 5.25. The smallest absolute Gasteiger partial charge is 0.171 e. The lowest BCUT2D eigenvalue weighted by molar-refractivity contribution is 0.569. The molecule has 0 heterocycles. The van der Waals surface area contributed by atoms with E-state index in [1.807, 2.05) is 60.7 Å². The largest absolute Gasteiger partial charge is 0.309 e. The van der Waals surface area contributed by atoms with E-state index in [2.05, 4.69) is 59.7 Å². The lowest BCUT2D eigenvalue weighted by Crippen LogP contribution is -2.28.